The molecule has 1 atom stereocenters. The van der Waals surface area contributed by atoms with E-state index in [0.29, 0.717) is 17.9 Å². The summed E-state index contributed by atoms with van der Waals surface area (Å²) in [6, 6.07) is 19.7. The molecule has 0 aliphatic carbocycles. The van der Waals surface area contributed by atoms with E-state index in [2.05, 4.69) is 29.4 Å². The second-order valence-electron chi connectivity index (χ2n) is 7.72. The Balaban J connectivity index is 1.22. The van der Waals surface area contributed by atoms with Crippen LogP contribution in [0.5, 0.6) is 5.75 Å². The van der Waals surface area contributed by atoms with Gasteiger partial charge in [-0.3, -0.25) is 4.79 Å². The molecule has 0 radical (unpaired) electrons. The summed E-state index contributed by atoms with van der Waals surface area (Å²) in [4.78, 5) is 18.6. The number of ether oxygens (including phenoxy) is 1. The summed E-state index contributed by atoms with van der Waals surface area (Å²) in [6.45, 7) is 2.43. The van der Waals surface area contributed by atoms with Crippen LogP contribution in [-0.2, 0) is 6.61 Å². The fourth-order valence-electron chi connectivity index (χ4n) is 3.82. The number of aromatic nitrogens is 2. The van der Waals surface area contributed by atoms with Gasteiger partial charge in [0.2, 0.25) is 0 Å². The van der Waals surface area contributed by atoms with E-state index in [-0.39, 0.29) is 11.9 Å². The number of hydrogen-bond acceptors (Lipinski definition) is 4. The molecule has 2 aromatic carbocycles. The number of amides is 1. The minimum absolute atomic E-state index is 0.0551. The quantitative estimate of drug-likeness (QED) is 0.474. The van der Waals surface area contributed by atoms with Gasteiger partial charge in [-0.2, -0.15) is 0 Å². The zero-order chi connectivity index (χ0) is 21.2. The number of hydrogen-bond donors (Lipinski definition) is 1. The largest absolute Gasteiger partial charge is 0.487 e. The van der Waals surface area contributed by atoms with Crippen LogP contribution >= 0.6 is 11.8 Å². The smallest absolute Gasteiger partial charge is 0.251 e. The molecule has 4 aromatic rings. The highest BCUT2D eigenvalue weighted by Gasteiger charge is 2.22. The van der Waals surface area contributed by atoms with Crippen molar-refractivity contribution in [3.8, 4) is 5.75 Å². The fraction of sp³-hybridized carbons (Fsp3) is 0.200. The Morgan fingerprint density at radius 2 is 1.97 bits per heavy atom. The Morgan fingerprint density at radius 1 is 1.13 bits per heavy atom. The van der Waals surface area contributed by atoms with Crippen LogP contribution in [0.1, 0.15) is 39.6 Å². The van der Waals surface area contributed by atoms with Crippen LogP contribution in [0.3, 0.4) is 0 Å². The van der Waals surface area contributed by atoms with Crippen molar-refractivity contribution in [2.24, 2.45) is 0 Å². The molecule has 1 aliphatic rings. The van der Waals surface area contributed by atoms with Gasteiger partial charge < -0.3 is 14.5 Å². The molecule has 0 fully saturated rings. The number of carbonyl (C=O) groups excluding carboxylic acids is 1. The molecule has 5 rings (SSSR count). The third-order valence-electron chi connectivity index (χ3n) is 5.42. The van der Waals surface area contributed by atoms with E-state index >= 15 is 0 Å². The first-order chi connectivity index (χ1) is 15.2. The van der Waals surface area contributed by atoms with Gasteiger partial charge in [0.25, 0.3) is 5.91 Å². The first kappa shape index (κ1) is 19.7. The molecular weight excluding hydrogens is 406 g/mol. The van der Waals surface area contributed by atoms with Gasteiger partial charge in [-0.1, -0.05) is 24.3 Å². The van der Waals surface area contributed by atoms with Crippen molar-refractivity contribution in [1.82, 2.24) is 14.7 Å². The average Bonchev–Trinajstić information content (AvgIpc) is 3.20. The molecule has 1 N–H and O–H groups in total. The summed E-state index contributed by atoms with van der Waals surface area (Å²) >= 11 is 1.85. The molecule has 1 aliphatic heterocycles. The second-order valence-corrected chi connectivity index (χ2v) is 8.85. The molecule has 31 heavy (non-hydrogen) atoms. The van der Waals surface area contributed by atoms with E-state index in [4.69, 9.17) is 4.74 Å². The van der Waals surface area contributed by atoms with E-state index < -0.39 is 0 Å². The zero-order valence-corrected chi connectivity index (χ0v) is 18.1. The Labute approximate surface area is 185 Å². The van der Waals surface area contributed by atoms with E-state index in [9.17, 15) is 4.79 Å². The minimum atomic E-state index is -0.0611. The number of aryl methyl sites for hydroxylation is 1. The molecule has 156 valence electrons. The molecule has 0 bridgehead atoms. The molecule has 1 unspecified atom stereocenters. The Bertz CT molecular complexity index is 1230. The van der Waals surface area contributed by atoms with Crippen LogP contribution < -0.4 is 10.1 Å². The van der Waals surface area contributed by atoms with Crippen LogP contribution in [0.25, 0.3) is 5.65 Å². The Morgan fingerprint density at radius 3 is 2.84 bits per heavy atom. The second kappa shape index (κ2) is 8.47. The summed E-state index contributed by atoms with van der Waals surface area (Å²) in [5.41, 5.74) is 4.78. The summed E-state index contributed by atoms with van der Waals surface area (Å²) in [5.74, 6) is 1.66. The molecule has 0 saturated heterocycles. The highest BCUT2D eigenvalue weighted by Crippen LogP contribution is 2.35. The molecule has 0 spiro atoms. The maximum absolute atomic E-state index is 12.8. The van der Waals surface area contributed by atoms with E-state index in [1.807, 2.05) is 65.0 Å². The lowest BCUT2D eigenvalue weighted by atomic mass is 10.0. The van der Waals surface area contributed by atoms with Crippen LogP contribution in [-0.4, -0.2) is 21.0 Å². The van der Waals surface area contributed by atoms with E-state index in [1.165, 1.54) is 16.0 Å². The van der Waals surface area contributed by atoms with Crippen molar-refractivity contribution in [3.63, 3.8) is 0 Å². The number of carbonyl (C=O) groups is 1. The number of rotatable bonds is 5. The Kier molecular flexibility index (Phi) is 5.38. The Hall–Kier alpha value is -3.25. The highest BCUT2D eigenvalue weighted by atomic mass is 32.2. The van der Waals surface area contributed by atoms with Gasteiger partial charge in [0, 0.05) is 28.6 Å². The SMILES string of the molecule is Cc1ccc2nc(COc3ccc(C(=O)NC4CCSc5ccccc54)cc3)cn2c1. The van der Waals surface area contributed by atoms with Gasteiger partial charge in [0.05, 0.1) is 11.7 Å². The van der Waals surface area contributed by atoms with Crippen LogP contribution in [0.4, 0.5) is 0 Å². The summed E-state index contributed by atoms with van der Waals surface area (Å²) in [6.07, 6.45) is 4.96. The monoisotopic (exact) mass is 429 g/mol. The predicted octanol–water partition coefficient (Wildman–Crippen LogP) is 5.19. The molecular formula is C25H23N3O2S. The fourth-order valence-corrected chi connectivity index (χ4v) is 4.94. The first-order valence-corrected chi connectivity index (χ1v) is 11.3. The van der Waals surface area contributed by atoms with Crippen molar-refractivity contribution in [1.29, 1.82) is 0 Å². The maximum Gasteiger partial charge on any atom is 0.251 e. The number of fused-ring (bicyclic) bond motifs is 2. The summed E-state index contributed by atoms with van der Waals surface area (Å²) < 4.78 is 7.88. The van der Waals surface area contributed by atoms with Gasteiger partial charge in [-0.05, 0) is 60.9 Å². The van der Waals surface area contributed by atoms with Gasteiger partial charge in [-0.25, -0.2) is 4.98 Å². The minimum Gasteiger partial charge on any atom is -0.487 e. The van der Waals surface area contributed by atoms with Crippen molar-refractivity contribution in [2.45, 2.75) is 30.9 Å². The lowest BCUT2D eigenvalue weighted by Gasteiger charge is -2.25. The van der Waals surface area contributed by atoms with E-state index in [1.54, 1.807) is 12.1 Å². The standard InChI is InChI=1S/C25H23N3O2S/c1-17-6-11-24-26-19(15-28(24)14-17)16-30-20-9-7-18(8-10-20)25(29)27-22-12-13-31-23-5-3-2-4-21(22)23/h2-11,14-15,22H,12-13,16H2,1H3,(H,27,29). The lowest BCUT2D eigenvalue weighted by molar-refractivity contribution is 0.0935. The molecule has 2 aromatic heterocycles. The number of pyridine rings is 1. The van der Waals surface area contributed by atoms with Crippen molar-refractivity contribution < 1.29 is 9.53 Å². The van der Waals surface area contributed by atoms with Crippen molar-refractivity contribution in [2.75, 3.05) is 5.75 Å². The number of thioether (sulfide) groups is 1. The van der Waals surface area contributed by atoms with Gasteiger partial charge >= 0.3 is 0 Å². The zero-order valence-electron chi connectivity index (χ0n) is 17.2. The molecule has 3 heterocycles. The number of benzene rings is 2. The van der Waals surface area contributed by atoms with Gasteiger partial charge in [0.1, 0.15) is 18.0 Å². The first-order valence-electron chi connectivity index (χ1n) is 10.4. The number of nitrogens with one attached hydrogen (secondary N) is 1. The molecule has 6 heteroatoms. The van der Waals surface area contributed by atoms with Gasteiger partial charge in [-0.15, -0.1) is 11.8 Å². The normalized spacial score (nSPS) is 15.5. The van der Waals surface area contributed by atoms with Crippen molar-refractivity contribution >= 4 is 23.3 Å². The topological polar surface area (TPSA) is 55.6 Å². The van der Waals surface area contributed by atoms with E-state index in [0.717, 1.165) is 23.5 Å². The summed E-state index contributed by atoms with van der Waals surface area (Å²) in [7, 11) is 0. The van der Waals surface area contributed by atoms with Gasteiger partial charge in [0.15, 0.2) is 0 Å². The van der Waals surface area contributed by atoms with Crippen molar-refractivity contribution in [3.05, 3.63) is 95.4 Å². The lowest BCUT2D eigenvalue weighted by Crippen LogP contribution is -2.30. The average molecular weight is 430 g/mol. The summed E-state index contributed by atoms with van der Waals surface area (Å²) in [5, 5.41) is 3.18. The number of nitrogens with zero attached hydrogens (tertiary/aromatic N) is 2. The van der Waals surface area contributed by atoms with Crippen LogP contribution in [0.2, 0.25) is 0 Å². The molecule has 0 saturated carbocycles. The molecule has 1 amide bonds. The maximum atomic E-state index is 12.8. The highest BCUT2D eigenvalue weighted by molar-refractivity contribution is 7.99. The van der Waals surface area contributed by atoms with Crippen LogP contribution in [0, 0.1) is 6.92 Å². The van der Waals surface area contributed by atoms with Crippen LogP contribution in [0.15, 0.2) is 78.0 Å². The third-order valence-corrected chi connectivity index (χ3v) is 6.54. The number of imidazole rings is 1. The third kappa shape index (κ3) is 4.30. The molecule has 5 nitrogen and oxygen atoms in total. The predicted molar refractivity (Wildman–Crippen MR) is 123 cm³/mol.